The first-order valence-electron chi connectivity index (χ1n) is 5.94. The summed E-state index contributed by atoms with van der Waals surface area (Å²) in [4.78, 5) is 8.85. The van der Waals surface area contributed by atoms with Crippen LogP contribution in [-0.2, 0) is 6.42 Å². The first-order valence-corrected chi connectivity index (χ1v) is 6.73. The summed E-state index contributed by atoms with van der Waals surface area (Å²) in [5.74, 6) is 2.23. The Morgan fingerprint density at radius 1 is 1.11 bits per heavy atom. The van der Waals surface area contributed by atoms with E-state index < -0.39 is 0 Å². The summed E-state index contributed by atoms with van der Waals surface area (Å²) in [7, 11) is 3.27. The van der Waals surface area contributed by atoms with Gasteiger partial charge in [-0.2, -0.15) is 0 Å². The molecule has 2 rings (SSSR count). The molecule has 0 atom stereocenters. The van der Waals surface area contributed by atoms with Gasteiger partial charge < -0.3 is 9.47 Å². The zero-order valence-corrected chi connectivity index (χ0v) is 12.7. The minimum Gasteiger partial charge on any atom is -0.496 e. The minimum absolute atomic E-state index is 0.729. The Labute approximate surface area is 120 Å². The number of halogens is 1. The lowest BCUT2D eigenvalue weighted by Gasteiger charge is -2.13. The molecule has 0 radical (unpaired) electrons. The second-order valence-corrected chi connectivity index (χ2v) is 4.70. The van der Waals surface area contributed by atoms with Crippen LogP contribution in [0.25, 0.3) is 11.3 Å². The van der Waals surface area contributed by atoms with E-state index >= 15 is 0 Å². The maximum absolute atomic E-state index is 5.40. The lowest BCUT2D eigenvalue weighted by Crippen LogP contribution is -1.99. The van der Waals surface area contributed by atoms with Gasteiger partial charge in [-0.1, -0.05) is 13.0 Å². The van der Waals surface area contributed by atoms with Crippen LogP contribution in [0.4, 0.5) is 0 Å². The Hall–Kier alpha value is -1.62. The molecular formula is C14H15BrN2O2. The average Bonchev–Trinajstić information content (AvgIpc) is 2.45. The number of methoxy groups -OCH3 is 2. The molecule has 0 spiro atoms. The van der Waals surface area contributed by atoms with Crippen molar-refractivity contribution in [1.29, 1.82) is 0 Å². The fourth-order valence-corrected chi connectivity index (χ4v) is 2.28. The Morgan fingerprint density at radius 2 is 1.74 bits per heavy atom. The van der Waals surface area contributed by atoms with Gasteiger partial charge in [0, 0.05) is 6.42 Å². The van der Waals surface area contributed by atoms with Crippen LogP contribution in [0.15, 0.2) is 28.9 Å². The summed E-state index contributed by atoms with van der Waals surface area (Å²) < 4.78 is 11.6. The van der Waals surface area contributed by atoms with Gasteiger partial charge >= 0.3 is 0 Å². The van der Waals surface area contributed by atoms with Gasteiger partial charge in [0.2, 0.25) is 0 Å². The summed E-state index contributed by atoms with van der Waals surface area (Å²) in [5.41, 5.74) is 1.62. The highest BCUT2D eigenvalue weighted by atomic mass is 79.9. The molecule has 0 aliphatic carbocycles. The van der Waals surface area contributed by atoms with Crippen molar-refractivity contribution in [3.8, 4) is 22.8 Å². The summed E-state index contributed by atoms with van der Waals surface area (Å²) in [6, 6.07) is 7.52. The zero-order chi connectivity index (χ0) is 13.8. The molecule has 2 aromatic rings. The molecule has 0 bridgehead atoms. The van der Waals surface area contributed by atoms with Crippen LogP contribution >= 0.6 is 15.9 Å². The first kappa shape index (κ1) is 13.8. The SMILES string of the molecule is CCc1nc(Br)cc(-c2c(OC)cccc2OC)n1. The summed E-state index contributed by atoms with van der Waals surface area (Å²) in [6.45, 7) is 2.02. The molecule has 1 aromatic heterocycles. The van der Waals surface area contributed by atoms with Crippen molar-refractivity contribution in [2.24, 2.45) is 0 Å². The van der Waals surface area contributed by atoms with E-state index in [4.69, 9.17) is 9.47 Å². The van der Waals surface area contributed by atoms with Crippen molar-refractivity contribution >= 4 is 15.9 Å². The quantitative estimate of drug-likeness (QED) is 0.808. The summed E-state index contributed by atoms with van der Waals surface area (Å²) in [6.07, 6.45) is 0.768. The number of benzene rings is 1. The zero-order valence-electron chi connectivity index (χ0n) is 11.1. The van der Waals surface area contributed by atoms with Crippen molar-refractivity contribution in [2.45, 2.75) is 13.3 Å². The summed E-state index contributed by atoms with van der Waals surface area (Å²) in [5, 5.41) is 0. The fraction of sp³-hybridized carbons (Fsp3) is 0.286. The Balaban J connectivity index is 2.66. The monoisotopic (exact) mass is 322 g/mol. The molecule has 0 N–H and O–H groups in total. The number of rotatable bonds is 4. The Morgan fingerprint density at radius 3 is 2.26 bits per heavy atom. The van der Waals surface area contributed by atoms with Crippen LogP contribution in [0.3, 0.4) is 0 Å². The van der Waals surface area contributed by atoms with Crippen LogP contribution in [0, 0.1) is 0 Å². The van der Waals surface area contributed by atoms with Crippen molar-refractivity contribution < 1.29 is 9.47 Å². The maximum Gasteiger partial charge on any atom is 0.132 e. The van der Waals surface area contributed by atoms with E-state index in [9.17, 15) is 0 Å². The molecule has 0 unspecified atom stereocenters. The minimum atomic E-state index is 0.729. The number of aromatic nitrogens is 2. The number of aryl methyl sites for hydroxylation is 1. The van der Waals surface area contributed by atoms with Gasteiger partial charge in [0.1, 0.15) is 21.9 Å². The van der Waals surface area contributed by atoms with Gasteiger partial charge in [-0.3, -0.25) is 0 Å². The largest absolute Gasteiger partial charge is 0.496 e. The van der Waals surface area contributed by atoms with E-state index in [-0.39, 0.29) is 0 Å². The topological polar surface area (TPSA) is 44.2 Å². The van der Waals surface area contributed by atoms with E-state index in [2.05, 4.69) is 25.9 Å². The second-order valence-electron chi connectivity index (χ2n) is 3.88. The predicted octanol–water partition coefficient (Wildman–Crippen LogP) is 3.49. The number of hydrogen-bond donors (Lipinski definition) is 0. The summed E-state index contributed by atoms with van der Waals surface area (Å²) >= 11 is 3.41. The fourth-order valence-electron chi connectivity index (χ4n) is 1.85. The van der Waals surface area contributed by atoms with Crippen molar-refractivity contribution in [3.05, 3.63) is 34.7 Å². The molecule has 4 nitrogen and oxygen atoms in total. The van der Waals surface area contributed by atoms with Crippen LogP contribution in [0.2, 0.25) is 0 Å². The van der Waals surface area contributed by atoms with E-state index in [1.165, 1.54) is 0 Å². The molecule has 0 aliphatic rings. The third kappa shape index (κ3) is 2.87. The molecular weight excluding hydrogens is 308 g/mol. The van der Waals surface area contributed by atoms with E-state index in [0.29, 0.717) is 0 Å². The van der Waals surface area contributed by atoms with Crippen molar-refractivity contribution in [1.82, 2.24) is 9.97 Å². The van der Waals surface area contributed by atoms with E-state index in [0.717, 1.165) is 39.6 Å². The van der Waals surface area contributed by atoms with Gasteiger partial charge in [0.15, 0.2) is 0 Å². The standard InChI is InChI=1S/C14H15BrN2O2/c1-4-13-16-9(8-12(15)17-13)14-10(18-2)6-5-7-11(14)19-3/h5-8H,4H2,1-3H3. The third-order valence-corrected chi connectivity index (χ3v) is 3.15. The number of hydrogen-bond acceptors (Lipinski definition) is 4. The first-order chi connectivity index (χ1) is 9.19. The molecule has 1 aromatic carbocycles. The van der Waals surface area contributed by atoms with Gasteiger partial charge in [0.25, 0.3) is 0 Å². The number of nitrogens with zero attached hydrogens (tertiary/aromatic N) is 2. The molecule has 0 saturated heterocycles. The average molecular weight is 323 g/mol. The molecule has 0 saturated carbocycles. The predicted molar refractivity (Wildman–Crippen MR) is 77.7 cm³/mol. The lowest BCUT2D eigenvalue weighted by molar-refractivity contribution is 0.397. The molecule has 100 valence electrons. The van der Waals surface area contributed by atoms with Gasteiger partial charge in [-0.05, 0) is 34.1 Å². The highest BCUT2D eigenvalue weighted by molar-refractivity contribution is 9.10. The van der Waals surface area contributed by atoms with Gasteiger partial charge in [-0.15, -0.1) is 0 Å². The molecule has 0 aliphatic heterocycles. The molecule has 0 fully saturated rings. The lowest BCUT2D eigenvalue weighted by atomic mass is 10.1. The van der Waals surface area contributed by atoms with Crippen molar-refractivity contribution in [2.75, 3.05) is 14.2 Å². The maximum atomic E-state index is 5.40. The Bertz CT molecular complexity index is 565. The van der Waals surface area contributed by atoms with E-state index in [1.807, 2.05) is 31.2 Å². The number of ether oxygens (including phenoxy) is 2. The highest BCUT2D eigenvalue weighted by Crippen LogP contribution is 2.37. The normalized spacial score (nSPS) is 10.3. The highest BCUT2D eigenvalue weighted by Gasteiger charge is 2.15. The molecule has 0 amide bonds. The second kappa shape index (κ2) is 6.02. The van der Waals surface area contributed by atoms with E-state index in [1.54, 1.807) is 14.2 Å². The smallest absolute Gasteiger partial charge is 0.132 e. The molecule has 1 heterocycles. The Kier molecular flexibility index (Phi) is 4.37. The van der Waals surface area contributed by atoms with Crippen LogP contribution in [0.1, 0.15) is 12.7 Å². The molecule has 19 heavy (non-hydrogen) atoms. The van der Waals surface area contributed by atoms with Crippen LogP contribution < -0.4 is 9.47 Å². The molecule has 5 heteroatoms. The van der Waals surface area contributed by atoms with Gasteiger partial charge in [0.05, 0.1) is 25.5 Å². The van der Waals surface area contributed by atoms with Gasteiger partial charge in [-0.25, -0.2) is 9.97 Å². The third-order valence-electron chi connectivity index (χ3n) is 2.74. The van der Waals surface area contributed by atoms with Crippen LogP contribution in [-0.4, -0.2) is 24.2 Å². The van der Waals surface area contributed by atoms with Crippen LogP contribution in [0.5, 0.6) is 11.5 Å². The van der Waals surface area contributed by atoms with Crippen molar-refractivity contribution in [3.63, 3.8) is 0 Å².